The Bertz CT molecular complexity index is 321. The molecule has 1 N–H and O–H groups in total. The molecule has 16 heavy (non-hydrogen) atoms. The van der Waals surface area contributed by atoms with Gasteiger partial charge >= 0.3 is 0 Å². The first kappa shape index (κ1) is 12.1. The van der Waals surface area contributed by atoms with Gasteiger partial charge in [0.25, 0.3) is 0 Å². The van der Waals surface area contributed by atoms with E-state index >= 15 is 0 Å². The molecule has 0 radical (unpaired) electrons. The van der Waals surface area contributed by atoms with Gasteiger partial charge in [0.15, 0.2) is 0 Å². The molecular formula is C13H22N2S. The summed E-state index contributed by atoms with van der Waals surface area (Å²) in [7, 11) is 0. The fourth-order valence-electron chi connectivity index (χ4n) is 2.50. The third-order valence-electron chi connectivity index (χ3n) is 3.53. The molecule has 0 amide bonds. The smallest absolute Gasteiger partial charge is 0.0940 e. The molecular weight excluding hydrogens is 216 g/mol. The van der Waals surface area contributed by atoms with E-state index in [-0.39, 0.29) is 0 Å². The fraction of sp³-hybridized carbons (Fsp3) is 0.769. The minimum atomic E-state index is 0.745. The molecule has 2 rings (SSSR count). The van der Waals surface area contributed by atoms with E-state index in [1.54, 1.807) is 0 Å². The van der Waals surface area contributed by atoms with Crippen LogP contribution in [0.15, 0.2) is 6.20 Å². The summed E-state index contributed by atoms with van der Waals surface area (Å²) in [6, 6.07) is 0.745. The van der Waals surface area contributed by atoms with Crippen molar-refractivity contribution in [2.24, 2.45) is 5.92 Å². The molecule has 0 bridgehead atoms. The van der Waals surface area contributed by atoms with Crippen LogP contribution < -0.4 is 5.32 Å². The summed E-state index contributed by atoms with van der Waals surface area (Å²) in [6.45, 7) is 5.59. The Morgan fingerprint density at radius 2 is 2.25 bits per heavy atom. The monoisotopic (exact) mass is 238 g/mol. The lowest BCUT2D eigenvalue weighted by Crippen LogP contribution is -2.38. The lowest BCUT2D eigenvalue weighted by Gasteiger charge is -2.29. The molecule has 1 aliphatic rings. The first-order chi connectivity index (χ1) is 7.75. The minimum Gasteiger partial charge on any atom is -0.313 e. The second kappa shape index (κ2) is 5.78. The molecule has 1 aromatic heterocycles. The van der Waals surface area contributed by atoms with Crippen molar-refractivity contribution in [2.45, 2.75) is 52.0 Å². The van der Waals surface area contributed by atoms with Gasteiger partial charge in [0.05, 0.1) is 5.01 Å². The lowest BCUT2D eigenvalue weighted by atomic mass is 9.86. The van der Waals surface area contributed by atoms with Crippen LogP contribution in [0.2, 0.25) is 0 Å². The Kier molecular flexibility index (Phi) is 4.36. The summed E-state index contributed by atoms with van der Waals surface area (Å²) < 4.78 is 0. The fourth-order valence-corrected chi connectivity index (χ4v) is 3.29. The van der Waals surface area contributed by atoms with E-state index < -0.39 is 0 Å². The summed E-state index contributed by atoms with van der Waals surface area (Å²) in [5, 5.41) is 4.97. The zero-order valence-electron chi connectivity index (χ0n) is 10.3. The number of aryl methyl sites for hydroxylation is 1. The third kappa shape index (κ3) is 3.29. The second-order valence-electron chi connectivity index (χ2n) is 4.94. The van der Waals surface area contributed by atoms with Crippen molar-refractivity contribution in [2.75, 3.05) is 6.54 Å². The van der Waals surface area contributed by atoms with Crippen LogP contribution in [0.3, 0.4) is 0 Å². The average Bonchev–Trinajstić information content (AvgIpc) is 2.67. The van der Waals surface area contributed by atoms with Crippen LogP contribution in [0.1, 0.15) is 42.5 Å². The number of hydrogen-bond acceptors (Lipinski definition) is 3. The van der Waals surface area contributed by atoms with Crippen LogP contribution in [-0.4, -0.2) is 17.6 Å². The van der Waals surface area contributed by atoms with Crippen LogP contribution >= 0.6 is 11.3 Å². The summed E-state index contributed by atoms with van der Waals surface area (Å²) >= 11 is 1.82. The Morgan fingerprint density at radius 1 is 1.44 bits per heavy atom. The van der Waals surface area contributed by atoms with Gasteiger partial charge in [-0.3, -0.25) is 0 Å². The number of hydrogen-bond donors (Lipinski definition) is 1. The van der Waals surface area contributed by atoms with E-state index in [9.17, 15) is 0 Å². The van der Waals surface area contributed by atoms with Crippen molar-refractivity contribution in [1.82, 2.24) is 10.3 Å². The number of aromatic nitrogens is 1. The van der Waals surface area contributed by atoms with E-state index in [4.69, 9.17) is 0 Å². The number of nitrogens with one attached hydrogen (secondary N) is 1. The zero-order valence-corrected chi connectivity index (χ0v) is 11.1. The average molecular weight is 238 g/mol. The van der Waals surface area contributed by atoms with Gasteiger partial charge in [-0.15, -0.1) is 11.3 Å². The maximum Gasteiger partial charge on any atom is 0.0940 e. The van der Waals surface area contributed by atoms with Crippen LogP contribution in [0.4, 0.5) is 0 Å². The highest BCUT2D eigenvalue weighted by Crippen LogP contribution is 2.23. The molecule has 1 fully saturated rings. The van der Waals surface area contributed by atoms with Crippen molar-refractivity contribution >= 4 is 11.3 Å². The van der Waals surface area contributed by atoms with Gasteiger partial charge in [-0.2, -0.15) is 0 Å². The van der Waals surface area contributed by atoms with Crippen molar-refractivity contribution < 1.29 is 0 Å². The van der Waals surface area contributed by atoms with E-state index in [0.717, 1.165) is 24.9 Å². The topological polar surface area (TPSA) is 24.9 Å². The molecule has 2 atom stereocenters. The minimum absolute atomic E-state index is 0.745. The standard InChI is InChI=1S/C13H22N2S/c1-10-5-3-4-6-12(10)14-8-7-13-15-9-11(2)16-13/h9-10,12,14H,3-8H2,1-2H3. The summed E-state index contributed by atoms with van der Waals surface area (Å²) in [5.41, 5.74) is 0. The molecule has 1 aromatic rings. The molecule has 0 saturated heterocycles. The summed E-state index contributed by atoms with van der Waals surface area (Å²) in [6.07, 6.45) is 8.64. The van der Waals surface area contributed by atoms with Crippen molar-refractivity contribution in [3.8, 4) is 0 Å². The highest BCUT2D eigenvalue weighted by molar-refractivity contribution is 7.11. The molecule has 1 saturated carbocycles. The third-order valence-corrected chi connectivity index (χ3v) is 4.50. The van der Waals surface area contributed by atoms with Gasteiger partial charge in [-0.05, 0) is 25.7 Å². The van der Waals surface area contributed by atoms with Gasteiger partial charge in [0.1, 0.15) is 0 Å². The lowest BCUT2D eigenvalue weighted by molar-refractivity contribution is 0.282. The molecule has 90 valence electrons. The largest absolute Gasteiger partial charge is 0.313 e. The molecule has 2 nitrogen and oxygen atoms in total. The van der Waals surface area contributed by atoms with E-state index in [1.807, 2.05) is 17.5 Å². The second-order valence-corrected chi connectivity index (χ2v) is 6.26. The predicted molar refractivity (Wildman–Crippen MR) is 70.0 cm³/mol. The Hall–Kier alpha value is -0.410. The van der Waals surface area contributed by atoms with E-state index in [2.05, 4.69) is 24.1 Å². The van der Waals surface area contributed by atoms with Gasteiger partial charge in [0.2, 0.25) is 0 Å². The molecule has 1 aliphatic carbocycles. The van der Waals surface area contributed by atoms with E-state index in [0.29, 0.717) is 0 Å². The van der Waals surface area contributed by atoms with Crippen LogP contribution in [0.5, 0.6) is 0 Å². The van der Waals surface area contributed by atoms with Crippen LogP contribution in [0.25, 0.3) is 0 Å². The molecule has 0 spiro atoms. The quantitative estimate of drug-likeness (QED) is 0.871. The molecule has 0 aromatic carbocycles. The molecule has 1 heterocycles. The molecule has 0 aliphatic heterocycles. The van der Waals surface area contributed by atoms with E-state index in [1.165, 1.54) is 35.6 Å². The van der Waals surface area contributed by atoms with Gasteiger partial charge in [0, 0.05) is 30.1 Å². The van der Waals surface area contributed by atoms with Crippen molar-refractivity contribution in [3.05, 3.63) is 16.1 Å². The number of thiazole rings is 1. The SMILES string of the molecule is Cc1cnc(CCNC2CCCCC2C)s1. The first-order valence-corrected chi connectivity index (χ1v) is 7.22. The maximum atomic E-state index is 4.40. The Balaban J connectivity index is 1.71. The highest BCUT2D eigenvalue weighted by Gasteiger charge is 2.20. The first-order valence-electron chi connectivity index (χ1n) is 6.40. The zero-order chi connectivity index (χ0) is 11.4. The Morgan fingerprint density at radius 3 is 2.94 bits per heavy atom. The predicted octanol–water partition coefficient (Wildman–Crippen LogP) is 3.16. The highest BCUT2D eigenvalue weighted by atomic mass is 32.1. The van der Waals surface area contributed by atoms with Crippen LogP contribution in [0, 0.1) is 12.8 Å². The normalized spacial score (nSPS) is 25.9. The number of rotatable bonds is 4. The van der Waals surface area contributed by atoms with Gasteiger partial charge in [-0.25, -0.2) is 4.98 Å². The maximum absolute atomic E-state index is 4.40. The number of nitrogens with zero attached hydrogens (tertiary/aromatic N) is 1. The van der Waals surface area contributed by atoms with Crippen molar-refractivity contribution in [3.63, 3.8) is 0 Å². The summed E-state index contributed by atoms with van der Waals surface area (Å²) in [5.74, 6) is 0.854. The van der Waals surface area contributed by atoms with Gasteiger partial charge < -0.3 is 5.32 Å². The van der Waals surface area contributed by atoms with Crippen molar-refractivity contribution in [1.29, 1.82) is 0 Å². The van der Waals surface area contributed by atoms with Gasteiger partial charge in [-0.1, -0.05) is 19.8 Å². The Labute approximate surface area is 102 Å². The summed E-state index contributed by atoms with van der Waals surface area (Å²) in [4.78, 5) is 5.72. The van der Waals surface area contributed by atoms with Crippen LogP contribution in [-0.2, 0) is 6.42 Å². The molecule has 3 heteroatoms. The molecule has 2 unspecified atom stereocenters.